The van der Waals surface area contributed by atoms with E-state index in [4.69, 9.17) is 0 Å². The molecular weight excluding hydrogens is 254 g/mol. The van der Waals surface area contributed by atoms with Crippen LogP contribution in [0.15, 0.2) is 53.6 Å². The minimum Gasteiger partial charge on any atom is -0.235 e. The molecule has 0 radical (unpaired) electrons. The van der Waals surface area contributed by atoms with E-state index in [0.717, 1.165) is 0 Å². The lowest BCUT2D eigenvalue weighted by molar-refractivity contribution is -0.463. The van der Waals surface area contributed by atoms with Gasteiger partial charge in [-0.05, 0) is 35.5 Å². The van der Waals surface area contributed by atoms with Gasteiger partial charge in [-0.1, -0.05) is 51.1 Å². The summed E-state index contributed by atoms with van der Waals surface area (Å²) in [4.78, 5) is 0. The monoisotopic (exact) mass is 280 g/mol. The van der Waals surface area contributed by atoms with E-state index in [9.17, 15) is 0 Å². The van der Waals surface area contributed by atoms with Crippen LogP contribution in [0.4, 0.5) is 0 Å². The van der Waals surface area contributed by atoms with Gasteiger partial charge in [-0.2, -0.15) is 0 Å². The summed E-state index contributed by atoms with van der Waals surface area (Å²) in [7, 11) is 4.34. The Morgan fingerprint density at radius 2 is 1.62 bits per heavy atom. The van der Waals surface area contributed by atoms with Crippen molar-refractivity contribution in [3.8, 4) is 0 Å². The van der Waals surface area contributed by atoms with E-state index in [1.54, 1.807) is 11.1 Å². The first kappa shape index (κ1) is 14.3. The molecule has 0 N–H and O–H groups in total. The van der Waals surface area contributed by atoms with Crippen LogP contribution in [0, 0.1) is 17.3 Å². The van der Waals surface area contributed by atoms with E-state index in [-0.39, 0.29) is 5.41 Å². The summed E-state index contributed by atoms with van der Waals surface area (Å²) < 4.78 is 2.30. The summed E-state index contributed by atoms with van der Waals surface area (Å²) in [5.41, 5.74) is 6.18. The van der Waals surface area contributed by atoms with Crippen LogP contribution in [-0.4, -0.2) is 24.4 Å². The zero-order valence-corrected chi connectivity index (χ0v) is 13.9. The number of rotatable bonds is 2. The number of hydrogen-bond donors (Lipinski definition) is 0. The van der Waals surface area contributed by atoms with Crippen LogP contribution in [0.2, 0.25) is 0 Å². The molecule has 1 heteroatoms. The lowest BCUT2D eigenvalue weighted by atomic mass is 9.76. The quantitative estimate of drug-likeness (QED) is 0.432. The van der Waals surface area contributed by atoms with Gasteiger partial charge in [0.2, 0.25) is 5.71 Å². The molecule has 3 rings (SSSR count). The van der Waals surface area contributed by atoms with Crippen molar-refractivity contribution in [2.24, 2.45) is 17.3 Å². The first-order valence-electron chi connectivity index (χ1n) is 7.92. The number of hydrogen-bond acceptors (Lipinski definition) is 0. The van der Waals surface area contributed by atoms with E-state index in [2.05, 4.69) is 81.9 Å². The third-order valence-electron chi connectivity index (χ3n) is 4.67. The number of fused-ring (bicyclic) bond motifs is 2. The Balaban J connectivity index is 2.20. The van der Waals surface area contributed by atoms with Gasteiger partial charge in [-0.15, -0.1) is 0 Å². The second kappa shape index (κ2) is 4.98. The predicted molar refractivity (Wildman–Crippen MR) is 89.9 cm³/mol. The fourth-order valence-electron chi connectivity index (χ4n) is 4.04. The first-order valence-corrected chi connectivity index (χ1v) is 7.92. The molecule has 2 aliphatic carbocycles. The largest absolute Gasteiger partial charge is 0.235 e. The third kappa shape index (κ3) is 2.39. The minimum absolute atomic E-state index is 0.232. The summed E-state index contributed by atoms with van der Waals surface area (Å²) in [6, 6.07) is 10.8. The highest BCUT2D eigenvalue weighted by molar-refractivity contribution is 6.11. The Morgan fingerprint density at radius 3 is 2.19 bits per heavy atom. The van der Waals surface area contributed by atoms with Crippen LogP contribution in [0.5, 0.6) is 0 Å². The maximum absolute atomic E-state index is 2.42. The summed E-state index contributed by atoms with van der Waals surface area (Å²) in [5, 5.41) is 0. The van der Waals surface area contributed by atoms with Crippen molar-refractivity contribution in [1.29, 1.82) is 0 Å². The first-order chi connectivity index (χ1) is 9.89. The lowest BCUT2D eigenvalue weighted by Crippen LogP contribution is -2.25. The Bertz CT molecular complexity index is 634. The fourth-order valence-corrected chi connectivity index (χ4v) is 4.04. The maximum Gasteiger partial charge on any atom is 0.210 e. The normalized spacial score (nSPS) is 23.9. The molecule has 1 aromatic rings. The average molecular weight is 280 g/mol. The average Bonchev–Trinajstić information content (AvgIpc) is 2.99. The summed E-state index contributed by atoms with van der Waals surface area (Å²) in [6.07, 6.45) is 6.11. The van der Waals surface area contributed by atoms with Crippen LogP contribution in [-0.2, 0) is 0 Å². The number of nitrogens with zero attached hydrogens (tertiary/aromatic N) is 1. The van der Waals surface area contributed by atoms with Gasteiger partial charge in [-0.25, -0.2) is 4.58 Å². The van der Waals surface area contributed by atoms with Crippen LogP contribution in [0.3, 0.4) is 0 Å². The van der Waals surface area contributed by atoms with Crippen LogP contribution >= 0.6 is 0 Å². The SMILES string of the molecule is C[N+](C)=C(C1=C(C(C)(C)C)[C@H]2C=C[C@@H]1C2)c1ccccc1. The molecule has 0 spiro atoms. The van der Waals surface area contributed by atoms with Crippen LogP contribution < -0.4 is 0 Å². The zero-order chi connectivity index (χ0) is 15.2. The molecule has 2 bridgehead atoms. The molecule has 0 saturated heterocycles. The molecule has 0 unspecified atom stereocenters. The summed E-state index contributed by atoms with van der Waals surface area (Å²) in [6.45, 7) is 7.07. The Labute approximate surface area is 128 Å². The predicted octanol–water partition coefficient (Wildman–Crippen LogP) is 4.30. The second-order valence-corrected chi connectivity index (χ2v) is 7.52. The Morgan fingerprint density at radius 1 is 1.00 bits per heavy atom. The van der Waals surface area contributed by atoms with Crippen LogP contribution in [0.1, 0.15) is 32.8 Å². The van der Waals surface area contributed by atoms with E-state index >= 15 is 0 Å². The molecule has 0 fully saturated rings. The Kier molecular flexibility index (Phi) is 3.39. The van der Waals surface area contributed by atoms with E-state index in [1.807, 2.05) is 0 Å². The van der Waals surface area contributed by atoms with Crippen molar-refractivity contribution in [2.45, 2.75) is 27.2 Å². The lowest BCUT2D eigenvalue weighted by Gasteiger charge is -2.28. The molecule has 21 heavy (non-hydrogen) atoms. The van der Waals surface area contributed by atoms with Crippen molar-refractivity contribution in [3.63, 3.8) is 0 Å². The second-order valence-electron chi connectivity index (χ2n) is 7.52. The van der Waals surface area contributed by atoms with Gasteiger partial charge in [0.1, 0.15) is 14.1 Å². The smallest absolute Gasteiger partial charge is 0.210 e. The van der Waals surface area contributed by atoms with Gasteiger partial charge < -0.3 is 0 Å². The number of benzene rings is 1. The van der Waals surface area contributed by atoms with Crippen molar-refractivity contribution in [1.82, 2.24) is 0 Å². The fraction of sp³-hybridized carbons (Fsp3) is 0.450. The molecule has 2 atom stereocenters. The van der Waals surface area contributed by atoms with Gasteiger partial charge in [0, 0.05) is 17.1 Å². The molecule has 0 aliphatic heterocycles. The molecule has 0 heterocycles. The molecule has 1 aromatic carbocycles. The van der Waals surface area contributed by atoms with E-state index < -0.39 is 0 Å². The molecule has 0 aromatic heterocycles. The third-order valence-corrected chi connectivity index (χ3v) is 4.67. The van der Waals surface area contributed by atoms with E-state index in [0.29, 0.717) is 11.8 Å². The Hall–Kier alpha value is -1.63. The van der Waals surface area contributed by atoms with Crippen molar-refractivity contribution >= 4 is 5.71 Å². The molecular formula is C20H26N+. The summed E-state index contributed by atoms with van der Waals surface area (Å²) in [5.74, 6) is 1.24. The summed E-state index contributed by atoms with van der Waals surface area (Å²) >= 11 is 0. The minimum atomic E-state index is 0.232. The van der Waals surface area contributed by atoms with Crippen molar-refractivity contribution in [3.05, 3.63) is 59.2 Å². The highest BCUT2D eigenvalue weighted by Gasteiger charge is 2.43. The standard InChI is InChI=1S/C20H26N/c1-20(2,3)18-16-12-11-15(13-16)17(18)19(21(4)5)14-9-7-6-8-10-14/h6-12,15-16H,13H2,1-5H3/q+1/t15-,16+/m1/s1. The molecule has 0 saturated carbocycles. The van der Waals surface area contributed by atoms with Crippen LogP contribution in [0.25, 0.3) is 0 Å². The van der Waals surface area contributed by atoms with Crippen molar-refractivity contribution < 1.29 is 4.58 Å². The van der Waals surface area contributed by atoms with Gasteiger partial charge in [-0.3, -0.25) is 0 Å². The maximum atomic E-state index is 2.42. The van der Waals surface area contributed by atoms with Gasteiger partial charge in [0.05, 0.1) is 0 Å². The molecule has 1 nitrogen and oxygen atoms in total. The molecule has 110 valence electrons. The van der Waals surface area contributed by atoms with Gasteiger partial charge in [0.25, 0.3) is 0 Å². The highest BCUT2D eigenvalue weighted by Crippen LogP contribution is 2.51. The van der Waals surface area contributed by atoms with Gasteiger partial charge >= 0.3 is 0 Å². The molecule has 0 amide bonds. The van der Waals surface area contributed by atoms with E-state index in [1.165, 1.54) is 17.7 Å². The number of allylic oxidation sites excluding steroid dienone is 4. The van der Waals surface area contributed by atoms with Crippen molar-refractivity contribution in [2.75, 3.05) is 14.1 Å². The van der Waals surface area contributed by atoms with Gasteiger partial charge in [0.15, 0.2) is 0 Å². The molecule has 2 aliphatic rings. The highest BCUT2D eigenvalue weighted by atomic mass is 14.9. The zero-order valence-electron chi connectivity index (χ0n) is 13.9. The topological polar surface area (TPSA) is 3.01 Å².